The molecule has 2 aromatic carbocycles. The third kappa shape index (κ3) is 2.61. The summed E-state index contributed by atoms with van der Waals surface area (Å²) in [5.41, 5.74) is -3.36. The number of hydrogen-bond acceptors (Lipinski definition) is 3. The molecule has 1 aliphatic heterocycles. The van der Waals surface area contributed by atoms with E-state index in [1.807, 2.05) is 5.32 Å². The number of carbonyl (C=O) groups is 2. The van der Waals surface area contributed by atoms with Gasteiger partial charge in [-0.1, -0.05) is 35.3 Å². The maximum atomic E-state index is 14.2. The predicted octanol–water partition coefficient (Wildman–Crippen LogP) is 3.94. The van der Waals surface area contributed by atoms with E-state index in [1.165, 1.54) is 24.3 Å². The molecule has 144 valence electrons. The van der Waals surface area contributed by atoms with Crippen molar-refractivity contribution >= 4 is 52.0 Å². The molecule has 0 radical (unpaired) electrons. The van der Waals surface area contributed by atoms with Crippen LogP contribution in [0.4, 0.5) is 19.1 Å². The molecule has 0 saturated carbocycles. The summed E-state index contributed by atoms with van der Waals surface area (Å²) in [5, 5.41) is 4.02. The van der Waals surface area contributed by atoms with E-state index in [0.717, 1.165) is 12.1 Å². The number of aromatic nitrogens is 2. The molecule has 0 saturated heterocycles. The van der Waals surface area contributed by atoms with Gasteiger partial charge in [0.25, 0.3) is 17.5 Å². The molecule has 2 amide bonds. The number of rotatable bonds is 2. The normalized spacial score (nSPS) is 18.8. The fraction of sp³-hybridized carbons (Fsp3) is 0.118. The standard InChI is InChI=1S/C17H9Cl2F3N4O2/c18-9-5-8(6-10(19)7-9)13(27)25-16(17(20,21)22)14(28)24-15-23-11-3-1-2-4-12(11)26(15)16/h1-7H,(H,25,27)(H,23,24,28). The van der Waals surface area contributed by atoms with Gasteiger partial charge in [0.15, 0.2) is 0 Å². The Morgan fingerprint density at radius 3 is 2.43 bits per heavy atom. The number of anilines is 1. The first-order valence-electron chi connectivity index (χ1n) is 7.78. The summed E-state index contributed by atoms with van der Waals surface area (Å²) in [5.74, 6) is -2.98. The largest absolute Gasteiger partial charge is 0.440 e. The molecule has 0 fully saturated rings. The molecule has 2 N–H and O–H groups in total. The van der Waals surface area contributed by atoms with Crippen molar-refractivity contribution in [2.45, 2.75) is 11.8 Å². The van der Waals surface area contributed by atoms with Gasteiger partial charge in [-0.3, -0.25) is 19.5 Å². The first-order chi connectivity index (χ1) is 13.1. The highest BCUT2D eigenvalue weighted by Crippen LogP contribution is 2.44. The Morgan fingerprint density at radius 2 is 1.79 bits per heavy atom. The average Bonchev–Trinajstić information content (AvgIpc) is 3.08. The first kappa shape index (κ1) is 18.6. The fourth-order valence-corrected chi connectivity index (χ4v) is 3.63. The molecular formula is C17H9Cl2F3N4O2. The minimum atomic E-state index is -5.18. The minimum absolute atomic E-state index is 0.0256. The van der Waals surface area contributed by atoms with Crippen LogP contribution in [0.15, 0.2) is 42.5 Å². The summed E-state index contributed by atoms with van der Waals surface area (Å²) in [7, 11) is 0. The number of halogens is 5. The Morgan fingerprint density at radius 1 is 1.14 bits per heavy atom. The van der Waals surface area contributed by atoms with E-state index < -0.39 is 23.7 Å². The molecule has 2 heterocycles. The topological polar surface area (TPSA) is 76.0 Å². The lowest BCUT2D eigenvalue weighted by Gasteiger charge is -2.32. The highest BCUT2D eigenvalue weighted by atomic mass is 35.5. The van der Waals surface area contributed by atoms with E-state index in [1.54, 1.807) is 6.07 Å². The van der Waals surface area contributed by atoms with Crippen LogP contribution in [0.1, 0.15) is 10.4 Å². The van der Waals surface area contributed by atoms with Crippen LogP contribution in [0.3, 0.4) is 0 Å². The van der Waals surface area contributed by atoms with Crippen LogP contribution < -0.4 is 10.6 Å². The van der Waals surface area contributed by atoms with Crippen molar-refractivity contribution < 1.29 is 22.8 Å². The maximum Gasteiger partial charge on any atom is 0.440 e. The molecule has 6 nitrogen and oxygen atoms in total. The van der Waals surface area contributed by atoms with Crippen LogP contribution in [0, 0.1) is 0 Å². The molecule has 1 atom stereocenters. The molecule has 0 bridgehead atoms. The van der Waals surface area contributed by atoms with E-state index >= 15 is 0 Å². The number of hydrogen-bond donors (Lipinski definition) is 2. The van der Waals surface area contributed by atoms with Gasteiger partial charge < -0.3 is 5.32 Å². The van der Waals surface area contributed by atoms with Crippen LogP contribution in [0.25, 0.3) is 11.0 Å². The third-order valence-corrected chi connectivity index (χ3v) is 4.72. The number of fused-ring (bicyclic) bond motifs is 3. The molecule has 0 aliphatic carbocycles. The molecule has 28 heavy (non-hydrogen) atoms. The van der Waals surface area contributed by atoms with Crippen LogP contribution in [0.5, 0.6) is 0 Å². The second kappa shape index (κ2) is 6.11. The van der Waals surface area contributed by atoms with Gasteiger partial charge in [0.2, 0.25) is 5.95 Å². The van der Waals surface area contributed by atoms with Crippen molar-refractivity contribution in [2.75, 3.05) is 5.32 Å². The van der Waals surface area contributed by atoms with Gasteiger partial charge in [0, 0.05) is 15.6 Å². The molecule has 3 aromatic rings. The number of alkyl halides is 3. The molecule has 4 rings (SSSR count). The van der Waals surface area contributed by atoms with E-state index in [4.69, 9.17) is 23.2 Å². The van der Waals surface area contributed by atoms with E-state index in [-0.39, 0.29) is 32.6 Å². The smallest absolute Gasteiger partial charge is 0.313 e. The number of nitrogens with zero attached hydrogens (tertiary/aromatic N) is 2. The Bertz CT molecular complexity index is 1120. The van der Waals surface area contributed by atoms with Gasteiger partial charge in [-0.05, 0) is 30.3 Å². The second-order valence-corrected chi connectivity index (χ2v) is 6.91. The van der Waals surface area contributed by atoms with Crippen LogP contribution in [-0.2, 0) is 10.5 Å². The third-order valence-electron chi connectivity index (χ3n) is 4.28. The molecule has 1 aliphatic rings. The highest BCUT2D eigenvalue weighted by molar-refractivity contribution is 6.35. The van der Waals surface area contributed by atoms with Crippen LogP contribution in [-0.4, -0.2) is 27.5 Å². The summed E-state index contributed by atoms with van der Waals surface area (Å²) in [6.45, 7) is 0. The molecule has 0 spiro atoms. The number of benzene rings is 2. The lowest BCUT2D eigenvalue weighted by atomic mass is 10.1. The Kier molecular flexibility index (Phi) is 4.06. The molecule has 1 aromatic heterocycles. The fourth-order valence-electron chi connectivity index (χ4n) is 3.10. The molecule has 1 unspecified atom stereocenters. The first-order valence-corrected chi connectivity index (χ1v) is 8.54. The van der Waals surface area contributed by atoms with E-state index in [2.05, 4.69) is 10.3 Å². The summed E-state index contributed by atoms with van der Waals surface area (Å²) in [6.07, 6.45) is -5.18. The van der Waals surface area contributed by atoms with Gasteiger partial charge in [-0.25, -0.2) is 4.98 Å². The maximum absolute atomic E-state index is 14.2. The van der Waals surface area contributed by atoms with E-state index in [9.17, 15) is 22.8 Å². The zero-order valence-electron chi connectivity index (χ0n) is 13.6. The van der Waals surface area contributed by atoms with Gasteiger partial charge in [0.05, 0.1) is 11.0 Å². The zero-order chi connectivity index (χ0) is 20.3. The van der Waals surface area contributed by atoms with Crippen molar-refractivity contribution in [2.24, 2.45) is 0 Å². The Balaban J connectivity index is 1.90. The lowest BCUT2D eigenvalue weighted by Crippen LogP contribution is -2.63. The number of carbonyl (C=O) groups excluding carboxylic acids is 2. The Hall–Kier alpha value is -2.78. The summed E-state index contributed by atoms with van der Waals surface area (Å²) in [6, 6.07) is 9.57. The monoisotopic (exact) mass is 428 g/mol. The summed E-state index contributed by atoms with van der Waals surface area (Å²) < 4.78 is 43.3. The Labute approximate surface area is 165 Å². The lowest BCUT2D eigenvalue weighted by molar-refractivity contribution is -0.213. The highest BCUT2D eigenvalue weighted by Gasteiger charge is 2.67. The van der Waals surface area contributed by atoms with Gasteiger partial charge in [-0.15, -0.1) is 0 Å². The number of amides is 2. The minimum Gasteiger partial charge on any atom is -0.313 e. The SMILES string of the molecule is O=C(NC1(C(F)(F)F)C(=O)Nc2nc3ccccc3n21)c1cc(Cl)cc(Cl)c1. The van der Waals surface area contributed by atoms with Crippen LogP contribution in [0.2, 0.25) is 10.0 Å². The summed E-state index contributed by atoms with van der Waals surface area (Å²) >= 11 is 11.6. The zero-order valence-corrected chi connectivity index (χ0v) is 15.2. The van der Waals surface area contributed by atoms with Crippen molar-refractivity contribution in [3.05, 3.63) is 58.1 Å². The quantitative estimate of drug-likeness (QED) is 0.648. The van der Waals surface area contributed by atoms with Crippen molar-refractivity contribution in [1.82, 2.24) is 14.9 Å². The van der Waals surface area contributed by atoms with Crippen LogP contribution >= 0.6 is 23.2 Å². The number of para-hydroxylation sites is 2. The van der Waals surface area contributed by atoms with Gasteiger partial charge in [0.1, 0.15) is 0 Å². The second-order valence-electron chi connectivity index (χ2n) is 6.03. The van der Waals surface area contributed by atoms with Crippen molar-refractivity contribution in [3.8, 4) is 0 Å². The van der Waals surface area contributed by atoms with Crippen molar-refractivity contribution in [1.29, 1.82) is 0 Å². The van der Waals surface area contributed by atoms with E-state index in [0.29, 0.717) is 4.57 Å². The summed E-state index contributed by atoms with van der Waals surface area (Å²) in [4.78, 5) is 29.1. The van der Waals surface area contributed by atoms with Gasteiger partial charge in [-0.2, -0.15) is 13.2 Å². The van der Waals surface area contributed by atoms with Crippen molar-refractivity contribution in [3.63, 3.8) is 0 Å². The molecular weight excluding hydrogens is 420 g/mol. The predicted molar refractivity (Wildman–Crippen MR) is 96.3 cm³/mol. The average molecular weight is 429 g/mol. The number of imidazole rings is 1. The molecule has 11 heteroatoms. The van der Waals surface area contributed by atoms with Gasteiger partial charge >= 0.3 is 6.18 Å². The number of nitrogens with one attached hydrogen (secondary N) is 2.